The first-order chi connectivity index (χ1) is 9.97. The van der Waals surface area contributed by atoms with Crippen molar-refractivity contribution in [2.75, 3.05) is 31.1 Å². The van der Waals surface area contributed by atoms with Crippen LogP contribution in [-0.2, 0) is 4.79 Å². The maximum atomic E-state index is 13.7. The zero-order chi connectivity index (χ0) is 15.0. The second kappa shape index (κ2) is 5.02. The van der Waals surface area contributed by atoms with Crippen molar-refractivity contribution < 1.29 is 9.18 Å². The Hall–Kier alpha value is -2.11. The number of carbonyl (C=O) groups excluding carboxylic acids is 1. The highest BCUT2D eigenvalue weighted by atomic mass is 19.1. The number of fused-ring (bicyclic) bond motifs is 1. The van der Waals surface area contributed by atoms with E-state index in [9.17, 15) is 9.18 Å². The van der Waals surface area contributed by atoms with Gasteiger partial charge in [0.15, 0.2) is 5.67 Å². The number of nitrogens with one attached hydrogen (secondary N) is 1. The number of pyridine rings is 1. The van der Waals surface area contributed by atoms with Crippen LogP contribution in [0.3, 0.4) is 0 Å². The van der Waals surface area contributed by atoms with Gasteiger partial charge in [0.05, 0.1) is 0 Å². The van der Waals surface area contributed by atoms with Gasteiger partial charge in [-0.3, -0.25) is 4.79 Å². The minimum Gasteiger partial charge on any atom is -0.367 e. The number of piperazine rings is 1. The molecule has 0 atom stereocenters. The van der Waals surface area contributed by atoms with Gasteiger partial charge in [0.1, 0.15) is 5.65 Å². The van der Waals surface area contributed by atoms with Gasteiger partial charge in [-0.2, -0.15) is 0 Å². The number of rotatable bonds is 2. The van der Waals surface area contributed by atoms with Crippen LogP contribution in [0.4, 0.5) is 10.1 Å². The number of alkyl halides is 1. The molecule has 21 heavy (non-hydrogen) atoms. The molecular weight excluding hydrogens is 271 g/mol. The smallest absolute Gasteiger partial charge is 0.259 e. The molecule has 1 aliphatic heterocycles. The molecule has 5 nitrogen and oxygen atoms in total. The van der Waals surface area contributed by atoms with Crippen molar-refractivity contribution in [3.63, 3.8) is 0 Å². The van der Waals surface area contributed by atoms with Gasteiger partial charge >= 0.3 is 0 Å². The van der Waals surface area contributed by atoms with Crippen LogP contribution < -0.4 is 4.90 Å². The standard InChI is InChI=1S/C15H19FN4O/c1-15(2,16)14(21)20-9-7-19(8-10-20)12-4-6-18-13-11(12)3-5-17-13/h3-6H,7-10H2,1-2H3,(H,17,18). The average molecular weight is 290 g/mol. The lowest BCUT2D eigenvalue weighted by Gasteiger charge is -2.37. The van der Waals surface area contributed by atoms with Gasteiger partial charge in [-0.25, -0.2) is 9.37 Å². The summed E-state index contributed by atoms with van der Waals surface area (Å²) in [5, 5.41) is 1.07. The van der Waals surface area contributed by atoms with E-state index in [1.165, 1.54) is 13.8 Å². The van der Waals surface area contributed by atoms with Crippen molar-refractivity contribution in [3.05, 3.63) is 24.5 Å². The second-order valence-electron chi connectivity index (χ2n) is 5.82. The highest BCUT2D eigenvalue weighted by molar-refractivity contribution is 5.90. The Morgan fingerprint density at radius 2 is 2.00 bits per heavy atom. The molecule has 3 heterocycles. The molecule has 2 aromatic heterocycles. The predicted molar refractivity (Wildman–Crippen MR) is 80.1 cm³/mol. The number of anilines is 1. The number of H-pyrrole nitrogens is 1. The van der Waals surface area contributed by atoms with E-state index < -0.39 is 11.6 Å². The Kier molecular flexibility index (Phi) is 3.31. The summed E-state index contributed by atoms with van der Waals surface area (Å²) in [7, 11) is 0. The summed E-state index contributed by atoms with van der Waals surface area (Å²) in [6.07, 6.45) is 3.64. The number of aromatic nitrogens is 2. The number of hydrogen-bond acceptors (Lipinski definition) is 3. The minimum atomic E-state index is -1.80. The lowest BCUT2D eigenvalue weighted by molar-refractivity contribution is -0.142. The second-order valence-corrected chi connectivity index (χ2v) is 5.82. The van der Waals surface area contributed by atoms with Crippen molar-refractivity contribution in [2.45, 2.75) is 19.5 Å². The quantitative estimate of drug-likeness (QED) is 0.920. The summed E-state index contributed by atoms with van der Waals surface area (Å²) in [4.78, 5) is 23.1. The fourth-order valence-corrected chi connectivity index (χ4v) is 2.75. The molecule has 6 heteroatoms. The number of hydrogen-bond donors (Lipinski definition) is 1. The topological polar surface area (TPSA) is 52.2 Å². The normalized spacial score (nSPS) is 16.5. The third-order valence-electron chi connectivity index (χ3n) is 3.85. The largest absolute Gasteiger partial charge is 0.367 e. The number of halogens is 1. The summed E-state index contributed by atoms with van der Waals surface area (Å²) in [6.45, 7) is 5.11. The van der Waals surface area contributed by atoms with Crippen molar-refractivity contribution >= 4 is 22.6 Å². The third kappa shape index (κ3) is 2.57. The molecule has 112 valence electrons. The molecule has 0 unspecified atom stereocenters. The van der Waals surface area contributed by atoms with Gasteiger partial charge in [0.2, 0.25) is 0 Å². The first-order valence-electron chi connectivity index (χ1n) is 7.12. The lowest BCUT2D eigenvalue weighted by atomic mass is 10.1. The summed E-state index contributed by atoms with van der Waals surface area (Å²) in [6, 6.07) is 3.98. The van der Waals surface area contributed by atoms with E-state index in [0.717, 1.165) is 16.7 Å². The number of carbonyl (C=O) groups is 1. The van der Waals surface area contributed by atoms with E-state index in [1.54, 1.807) is 11.1 Å². The van der Waals surface area contributed by atoms with E-state index in [1.807, 2.05) is 18.3 Å². The molecule has 0 spiro atoms. The third-order valence-corrected chi connectivity index (χ3v) is 3.85. The van der Waals surface area contributed by atoms with Crippen LogP contribution in [0.5, 0.6) is 0 Å². The molecule has 0 bridgehead atoms. The molecule has 0 saturated carbocycles. The van der Waals surface area contributed by atoms with E-state index >= 15 is 0 Å². The summed E-state index contributed by atoms with van der Waals surface area (Å²) >= 11 is 0. The molecule has 0 aromatic carbocycles. The zero-order valence-electron chi connectivity index (χ0n) is 12.3. The minimum absolute atomic E-state index is 0.427. The molecule has 1 fully saturated rings. The van der Waals surface area contributed by atoms with E-state index in [2.05, 4.69) is 14.9 Å². The van der Waals surface area contributed by atoms with Crippen molar-refractivity contribution in [1.29, 1.82) is 0 Å². The molecule has 1 saturated heterocycles. The van der Waals surface area contributed by atoms with E-state index in [4.69, 9.17) is 0 Å². The van der Waals surface area contributed by atoms with Crippen molar-refractivity contribution in [3.8, 4) is 0 Å². The van der Waals surface area contributed by atoms with Crippen molar-refractivity contribution in [2.24, 2.45) is 0 Å². The van der Waals surface area contributed by atoms with Gasteiger partial charge in [-0.1, -0.05) is 0 Å². The SMILES string of the molecule is CC(C)(F)C(=O)N1CCN(c2ccnc3[nH]ccc23)CC1. The molecular formula is C15H19FN4O. The summed E-state index contributed by atoms with van der Waals surface area (Å²) < 4.78 is 13.7. The van der Waals surface area contributed by atoms with E-state index in [-0.39, 0.29) is 0 Å². The molecule has 1 amide bonds. The van der Waals surface area contributed by atoms with Crippen LogP contribution in [0.15, 0.2) is 24.5 Å². The first-order valence-corrected chi connectivity index (χ1v) is 7.12. The van der Waals surface area contributed by atoms with E-state index in [0.29, 0.717) is 26.2 Å². The molecule has 0 radical (unpaired) electrons. The summed E-state index contributed by atoms with van der Waals surface area (Å²) in [5.41, 5.74) is 0.163. The Morgan fingerprint density at radius 1 is 1.29 bits per heavy atom. The number of amides is 1. The number of aromatic amines is 1. The maximum Gasteiger partial charge on any atom is 0.259 e. The van der Waals surface area contributed by atoms with Gasteiger partial charge in [-0.15, -0.1) is 0 Å². The Labute approximate surface area is 122 Å². The first kappa shape index (κ1) is 13.9. The fourth-order valence-electron chi connectivity index (χ4n) is 2.75. The Morgan fingerprint density at radius 3 is 2.67 bits per heavy atom. The summed E-state index contributed by atoms with van der Waals surface area (Å²) in [5.74, 6) is -0.427. The maximum absolute atomic E-state index is 13.7. The number of nitrogens with zero attached hydrogens (tertiary/aromatic N) is 3. The van der Waals surface area contributed by atoms with Crippen LogP contribution in [0, 0.1) is 0 Å². The van der Waals surface area contributed by atoms with Crippen molar-refractivity contribution in [1.82, 2.24) is 14.9 Å². The predicted octanol–water partition coefficient (Wildman–Crippen LogP) is 1.96. The van der Waals surface area contributed by atoms with Crippen LogP contribution in [0.25, 0.3) is 11.0 Å². The van der Waals surface area contributed by atoms with Crippen LogP contribution in [0.1, 0.15) is 13.8 Å². The van der Waals surface area contributed by atoms with Gasteiger partial charge in [0.25, 0.3) is 5.91 Å². The molecule has 3 rings (SSSR count). The molecule has 1 N–H and O–H groups in total. The lowest BCUT2D eigenvalue weighted by Crippen LogP contribution is -2.53. The molecule has 0 aliphatic carbocycles. The molecule has 2 aromatic rings. The van der Waals surface area contributed by atoms with Crippen LogP contribution >= 0.6 is 0 Å². The average Bonchev–Trinajstić information content (AvgIpc) is 2.94. The Balaban J connectivity index is 1.74. The van der Waals surface area contributed by atoms with Gasteiger partial charge in [0, 0.05) is 49.6 Å². The zero-order valence-corrected chi connectivity index (χ0v) is 12.3. The fraction of sp³-hybridized carbons (Fsp3) is 0.467. The Bertz CT molecular complexity index is 653. The highest BCUT2D eigenvalue weighted by Gasteiger charge is 2.33. The van der Waals surface area contributed by atoms with Gasteiger partial charge < -0.3 is 14.8 Å². The van der Waals surface area contributed by atoms with Gasteiger partial charge in [-0.05, 0) is 26.0 Å². The van der Waals surface area contributed by atoms with Crippen LogP contribution in [0.2, 0.25) is 0 Å². The highest BCUT2D eigenvalue weighted by Crippen LogP contribution is 2.26. The molecule has 1 aliphatic rings. The van der Waals surface area contributed by atoms with Crippen LogP contribution in [-0.4, -0.2) is 52.6 Å². The monoisotopic (exact) mass is 290 g/mol.